The van der Waals surface area contributed by atoms with Crippen LogP contribution in [0, 0.1) is 11.6 Å². The Labute approximate surface area is 149 Å². The Hall–Kier alpha value is -2.52. The summed E-state index contributed by atoms with van der Waals surface area (Å²) in [5, 5.41) is 0. The van der Waals surface area contributed by atoms with E-state index in [-0.39, 0.29) is 32.1 Å². The van der Waals surface area contributed by atoms with Crippen molar-refractivity contribution >= 4 is 22.0 Å². The highest BCUT2D eigenvalue weighted by Gasteiger charge is 2.31. The van der Waals surface area contributed by atoms with Crippen LogP contribution < -0.4 is 0 Å². The van der Waals surface area contributed by atoms with Gasteiger partial charge in [-0.3, -0.25) is 4.79 Å². The van der Waals surface area contributed by atoms with Crippen molar-refractivity contribution in [2.45, 2.75) is 4.90 Å². The van der Waals surface area contributed by atoms with E-state index in [2.05, 4.69) is 0 Å². The van der Waals surface area contributed by atoms with E-state index in [1.165, 1.54) is 23.3 Å². The van der Waals surface area contributed by atoms with Crippen molar-refractivity contribution in [3.8, 4) is 0 Å². The van der Waals surface area contributed by atoms with E-state index in [9.17, 15) is 22.0 Å². The van der Waals surface area contributed by atoms with Crippen LogP contribution in [0.25, 0.3) is 6.08 Å². The van der Waals surface area contributed by atoms with Crippen molar-refractivity contribution in [1.29, 1.82) is 0 Å². The molecule has 1 aliphatic heterocycles. The van der Waals surface area contributed by atoms with Crippen LogP contribution in [-0.2, 0) is 14.8 Å². The van der Waals surface area contributed by atoms with Crippen molar-refractivity contribution in [3.63, 3.8) is 0 Å². The van der Waals surface area contributed by atoms with Crippen LogP contribution in [0.5, 0.6) is 0 Å². The van der Waals surface area contributed by atoms with Gasteiger partial charge in [0, 0.05) is 38.3 Å². The molecule has 0 atom stereocenters. The maximum absolute atomic E-state index is 13.8. The minimum absolute atomic E-state index is 0.0273. The van der Waals surface area contributed by atoms with E-state index in [0.29, 0.717) is 11.8 Å². The maximum atomic E-state index is 13.8. The van der Waals surface area contributed by atoms with Crippen LogP contribution in [-0.4, -0.2) is 49.7 Å². The van der Waals surface area contributed by atoms with Crippen molar-refractivity contribution in [2.75, 3.05) is 26.2 Å². The fourth-order valence-corrected chi connectivity index (χ4v) is 4.08. The molecule has 1 fully saturated rings. The Balaban J connectivity index is 1.65. The average molecular weight is 382 g/mol. The molecule has 0 N–H and O–H groups in total. The van der Waals surface area contributed by atoms with Gasteiger partial charge in [0.15, 0.2) is 0 Å². The highest BCUT2D eigenvalue weighted by molar-refractivity contribution is 7.89. The molecule has 0 spiro atoms. The molecule has 26 heavy (non-hydrogen) atoms. The Morgan fingerprint density at radius 3 is 2.46 bits per heavy atom. The quantitative estimate of drug-likeness (QED) is 0.760. The van der Waals surface area contributed by atoms with Gasteiger partial charge >= 0.3 is 0 Å². The lowest BCUT2D eigenvalue weighted by molar-refractivity contribution is -0.127. The molecule has 2 aromatic rings. The number of amides is 1. The predicted molar refractivity (Wildman–Crippen MR) is 89.4 cm³/mol. The number of hydrogen-bond donors (Lipinski definition) is 0. The Kier molecular flexibility index (Phi) is 5.19. The number of furan rings is 1. The lowest BCUT2D eigenvalue weighted by Gasteiger charge is -2.33. The second-order valence-corrected chi connectivity index (χ2v) is 7.56. The molecule has 1 aromatic carbocycles. The van der Waals surface area contributed by atoms with Gasteiger partial charge in [-0.2, -0.15) is 4.31 Å². The average Bonchev–Trinajstić information content (AvgIpc) is 3.13. The summed E-state index contributed by atoms with van der Waals surface area (Å²) >= 11 is 0. The summed E-state index contributed by atoms with van der Waals surface area (Å²) in [6.45, 7) is 0.395. The van der Waals surface area contributed by atoms with Gasteiger partial charge in [-0.25, -0.2) is 17.2 Å². The topological polar surface area (TPSA) is 70.8 Å². The van der Waals surface area contributed by atoms with E-state index in [0.717, 1.165) is 16.4 Å². The monoisotopic (exact) mass is 382 g/mol. The van der Waals surface area contributed by atoms with Crippen LogP contribution in [0.2, 0.25) is 0 Å². The smallest absolute Gasteiger partial charge is 0.246 e. The van der Waals surface area contributed by atoms with E-state index in [1.807, 2.05) is 0 Å². The van der Waals surface area contributed by atoms with Crippen LogP contribution in [0.1, 0.15) is 5.76 Å². The lowest BCUT2D eigenvalue weighted by atomic mass is 10.3. The summed E-state index contributed by atoms with van der Waals surface area (Å²) in [7, 11) is -4.09. The summed E-state index contributed by atoms with van der Waals surface area (Å²) in [5.41, 5.74) is 0. The first-order valence-corrected chi connectivity index (χ1v) is 9.27. The van der Waals surface area contributed by atoms with Crippen LogP contribution in [0.15, 0.2) is 52.0 Å². The van der Waals surface area contributed by atoms with Gasteiger partial charge in [0.05, 0.1) is 6.26 Å². The normalized spacial score (nSPS) is 16.3. The number of benzene rings is 1. The SMILES string of the molecule is O=C(/C=C/c1ccco1)N1CCN(S(=O)(=O)c2ccc(F)cc2F)CC1. The Morgan fingerprint density at radius 1 is 1.12 bits per heavy atom. The summed E-state index contributed by atoms with van der Waals surface area (Å²) < 4.78 is 58.0. The minimum Gasteiger partial charge on any atom is -0.465 e. The molecule has 0 radical (unpaired) electrons. The first-order valence-electron chi connectivity index (χ1n) is 7.83. The van der Waals surface area contributed by atoms with Gasteiger partial charge in [0.25, 0.3) is 0 Å². The number of sulfonamides is 1. The lowest BCUT2D eigenvalue weighted by Crippen LogP contribution is -2.50. The van der Waals surface area contributed by atoms with Gasteiger partial charge < -0.3 is 9.32 Å². The van der Waals surface area contributed by atoms with Gasteiger partial charge in [-0.15, -0.1) is 0 Å². The van der Waals surface area contributed by atoms with E-state index in [4.69, 9.17) is 4.42 Å². The van der Waals surface area contributed by atoms with Crippen LogP contribution in [0.3, 0.4) is 0 Å². The zero-order chi connectivity index (χ0) is 18.7. The van der Waals surface area contributed by atoms with Crippen molar-refractivity contribution in [2.24, 2.45) is 0 Å². The second kappa shape index (κ2) is 7.38. The molecule has 138 valence electrons. The Bertz CT molecular complexity index is 918. The van der Waals surface area contributed by atoms with Crippen LogP contribution in [0.4, 0.5) is 8.78 Å². The van der Waals surface area contributed by atoms with Crippen molar-refractivity contribution in [1.82, 2.24) is 9.21 Å². The molecule has 0 saturated carbocycles. The first-order chi connectivity index (χ1) is 12.4. The van der Waals surface area contributed by atoms with Gasteiger partial charge in [0.1, 0.15) is 22.3 Å². The molecule has 2 heterocycles. The molecular weight excluding hydrogens is 366 g/mol. The third-order valence-electron chi connectivity index (χ3n) is 4.00. The second-order valence-electron chi connectivity index (χ2n) is 5.65. The van der Waals surface area contributed by atoms with Gasteiger partial charge in [-0.1, -0.05) is 0 Å². The standard InChI is InChI=1S/C17H16F2N2O4S/c18-13-3-5-16(15(19)12-13)26(23,24)21-9-7-20(8-10-21)17(22)6-4-14-2-1-11-25-14/h1-6,11-12H,7-10H2/b6-4+. The number of piperazine rings is 1. The number of carbonyl (C=O) groups is 1. The number of nitrogens with zero attached hydrogens (tertiary/aromatic N) is 2. The summed E-state index contributed by atoms with van der Waals surface area (Å²) in [6, 6.07) is 5.73. The molecule has 3 rings (SSSR count). The number of hydrogen-bond acceptors (Lipinski definition) is 4. The Morgan fingerprint density at radius 2 is 1.85 bits per heavy atom. The van der Waals surface area contributed by atoms with E-state index >= 15 is 0 Å². The fourth-order valence-electron chi connectivity index (χ4n) is 2.62. The van der Waals surface area contributed by atoms with Crippen LogP contribution >= 0.6 is 0 Å². The largest absolute Gasteiger partial charge is 0.465 e. The zero-order valence-corrected chi connectivity index (χ0v) is 14.5. The molecule has 1 amide bonds. The molecule has 1 aromatic heterocycles. The minimum atomic E-state index is -4.09. The zero-order valence-electron chi connectivity index (χ0n) is 13.6. The molecule has 1 aliphatic rings. The number of halogens is 2. The third-order valence-corrected chi connectivity index (χ3v) is 5.93. The molecular formula is C17H16F2N2O4S. The number of carbonyl (C=O) groups excluding carboxylic acids is 1. The maximum Gasteiger partial charge on any atom is 0.246 e. The highest BCUT2D eigenvalue weighted by atomic mass is 32.2. The molecule has 0 unspecified atom stereocenters. The third kappa shape index (κ3) is 3.83. The fraction of sp³-hybridized carbons (Fsp3) is 0.235. The van der Waals surface area contributed by atoms with Gasteiger partial charge in [-0.05, 0) is 30.3 Å². The molecule has 0 bridgehead atoms. The highest BCUT2D eigenvalue weighted by Crippen LogP contribution is 2.21. The summed E-state index contributed by atoms with van der Waals surface area (Å²) in [6.07, 6.45) is 4.37. The summed E-state index contributed by atoms with van der Waals surface area (Å²) in [4.78, 5) is 13.1. The molecule has 0 aliphatic carbocycles. The molecule has 1 saturated heterocycles. The van der Waals surface area contributed by atoms with Crippen molar-refractivity contribution in [3.05, 3.63) is 60.1 Å². The molecule has 9 heteroatoms. The van der Waals surface area contributed by atoms with Crippen molar-refractivity contribution < 1.29 is 26.4 Å². The summed E-state index contributed by atoms with van der Waals surface area (Å²) in [5.74, 6) is -1.72. The molecule has 6 nitrogen and oxygen atoms in total. The number of rotatable bonds is 4. The van der Waals surface area contributed by atoms with E-state index < -0.39 is 26.6 Å². The first kappa shape index (κ1) is 18.3. The van der Waals surface area contributed by atoms with Gasteiger partial charge in [0.2, 0.25) is 15.9 Å². The van der Waals surface area contributed by atoms with E-state index in [1.54, 1.807) is 12.1 Å². The predicted octanol–water partition coefficient (Wildman–Crippen LogP) is 2.10.